The van der Waals surface area contributed by atoms with Crippen LogP contribution >= 0.6 is 0 Å². The molecule has 0 aromatic heterocycles. The molecule has 0 unspecified atom stereocenters. The summed E-state index contributed by atoms with van der Waals surface area (Å²) in [5.41, 5.74) is 5.79. The highest BCUT2D eigenvalue weighted by molar-refractivity contribution is 5.77. The Balaban J connectivity index is 2.58. The fourth-order valence-electron chi connectivity index (χ4n) is 1.60. The Hall–Kier alpha value is -1.62. The Bertz CT molecular complexity index is 406. The maximum Gasteiger partial charge on any atom is 0.260 e. The molecular formula is C13H19FN2O2. The second-order valence-electron chi connectivity index (χ2n) is 3.81. The van der Waals surface area contributed by atoms with E-state index >= 15 is 0 Å². The molecule has 0 saturated heterocycles. The van der Waals surface area contributed by atoms with Gasteiger partial charge >= 0.3 is 0 Å². The van der Waals surface area contributed by atoms with E-state index in [9.17, 15) is 9.18 Å². The van der Waals surface area contributed by atoms with Gasteiger partial charge in [-0.25, -0.2) is 4.39 Å². The molecule has 1 amide bonds. The number of nitrogens with two attached hydrogens (primary N) is 1. The summed E-state index contributed by atoms with van der Waals surface area (Å²) < 4.78 is 18.7. The molecule has 0 fully saturated rings. The number of carbonyl (C=O) groups excluding carboxylic acids is 1. The number of benzene rings is 1. The zero-order valence-electron chi connectivity index (χ0n) is 10.8. The standard InChI is InChI=1S/C13H19FN2O2/c1-3-16(4-2)13(17)9-18-11-6-5-10(8-15)12(14)7-11/h5-7H,3-4,8-9,15H2,1-2H3. The molecule has 0 radical (unpaired) electrons. The first-order valence-electron chi connectivity index (χ1n) is 6.01. The predicted molar refractivity (Wildman–Crippen MR) is 67.7 cm³/mol. The van der Waals surface area contributed by atoms with Crippen LogP contribution in [0.4, 0.5) is 4.39 Å². The summed E-state index contributed by atoms with van der Waals surface area (Å²) in [6.45, 7) is 5.14. The summed E-state index contributed by atoms with van der Waals surface area (Å²) in [5, 5.41) is 0. The molecule has 0 bridgehead atoms. The summed E-state index contributed by atoms with van der Waals surface area (Å²) in [6.07, 6.45) is 0. The van der Waals surface area contributed by atoms with Gasteiger partial charge in [0, 0.05) is 31.3 Å². The van der Waals surface area contributed by atoms with Crippen LogP contribution in [0.2, 0.25) is 0 Å². The number of amides is 1. The summed E-state index contributed by atoms with van der Waals surface area (Å²) in [6, 6.07) is 4.42. The van der Waals surface area contributed by atoms with Crippen molar-refractivity contribution in [3.63, 3.8) is 0 Å². The van der Waals surface area contributed by atoms with Gasteiger partial charge in [-0.1, -0.05) is 6.07 Å². The highest BCUT2D eigenvalue weighted by Crippen LogP contribution is 2.16. The summed E-state index contributed by atoms with van der Waals surface area (Å²) in [5.74, 6) is -0.182. The van der Waals surface area contributed by atoms with Crippen LogP contribution in [-0.4, -0.2) is 30.5 Å². The lowest BCUT2D eigenvalue weighted by Gasteiger charge is -2.18. The van der Waals surface area contributed by atoms with E-state index in [1.165, 1.54) is 6.07 Å². The fourth-order valence-corrected chi connectivity index (χ4v) is 1.60. The van der Waals surface area contributed by atoms with Crippen LogP contribution in [0.3, 0.4) is 0 Å². The molecule has 100 valence electrons. The van der Waals surface area contributed by atoms with Gasteiger partial charge in [0.05, 0.1) is 0 Å². The third-order valence-electron chi connectivity index (χ3n) is 2.72. The molecule has 5 heteroatoms. The number of ether oxygens (including phenoxy) is 1. The Kier molecular flexibility index (Phi) is 5.58. The number of halogens is 1. The van der Waals surface area contributed by atoms with E-state index in [0.29, 0.717) is 24.4 Å². The average Bonchev–Trinajstić information content (AvgIpc) is 2.38. The quantitative estimate of drug-likeness (QED) is 0.837. The van der Waals surface area contributed by atoms with E-state index in [-0.39, 0.29) is 19.1 Å². The SMILES string of the molecule is CCN(CC)C(=O)COc1ccc(CN)c(F)c1. The topological polar surface area (TPSA) is 55.6 Å². The molecule has 2 N–H and O–H groups in total. The molecule has 0 aliphatic carbocycles. The molecule has 0 aliphatic rings. The zero-order chi connectivity index (χ0) is 13.5. The normalized spacial score (nSPS) is 10.2. The van der Waals surface area contributed by atoms with Crippen molar-refractivity contribution in [3.8, 4) is 5.75 Å². The number of rotatable bonds is 6. The fraction of sp³-hybridized carbons (Fsp3) is 0.462. The van der Waals surface area contributed by atoms with Crippen LogP contribution in [0.15, 0.2) is 18.2 Å². The molecule has 0 spiro atoms. The molecule has 0 heterocycles. The van der Waals surface area contributed by atoms with Crippen molar-refractivity contribution in [1.82, 2.24) is 4.90 Å². The van der Waals surface area contributed by atoms with Crippen molar-refractivity contribution in [2.45, 2.75) is 20.4 Å². The van der Waals surface area contributed by atoms with Gasteiger partial charge < -0.3 is 15.4 Å². The molecule has 1 aromatic rings. The molecule has 0 saturated carbocycles. The minimum atomic E-state index is -0.412. The van der Waals surface area contributed by atoms with E-state index in [1.807, 2.05) is 13.8 Å². The number of likely N-dealkylation sites (N-methyl/N-ethyl adjacent to an activating group) is 1. The van der Waals surface area contributed by atoms with Crippen molar-refractivity contribution >= 4 is 5.91 Å². The summed E-state index contributed by atoms with van der Waals surface area (Å²) in [4.78, 5) is 13.3. The van der Waals surface area contributed by atoms with E-state index < -0.39 is 5.82 Å². The van der Waals surface area contributed by atoms with E-state index in [4.69, 9.17) is 10.5 Å². The number of nitrogens with zero attached hydrogens (tertiary/aromatic N) is 1. The lowest BCUT2D eigenvalue weighted by atomic mass is 10.2. The first-order valence-corrected chi connectivity index (χ1v) is 6.01. The van der Waals surface area contributed by atoms with Crippen molar-refractivity contribution in [1.29, 1.82) is 0 Å². The van der Waals surface area contributed by atoms with E-state index in [0.717, 1.165) is 0 Å². The van der Waals surface area contributed by atoms with Gasteiger partial charge in [0.25, 0.3) is 5.91 Å². The van der Waals surface area contributed by atoms with Crippen LogP contribution in [0, 0.1) is 5.82 Å². The van der Waals surface area contributed by atoms with Crippen LogP contribution in [-0.2, 0) is 11.3 Å². The Morgan fingerprint density at radius 2 is 2.06 bits per heavy atom. The predicted octanol–water partition coefficient (Wildman–Crippen LogP) is 1.53. The van der Waals surface area contributed by atoms with Crippen LogP contribution in [0.1, 0.15) is 19.4 Å². The smallest absolute Gasteiger partial charge is 0.260 e. The van der Waals surface area contributed by atoms with Gasteiger partial charge in [-0.15, -0.1) is 0 Å². The minimum absolute atomic E-state index is 0.0803. The van der Waals surface area contributed by atoms with Crippen LogP contribution in [0.25, 0.3) is 0 Å². The van der Waals surface area contributed by atoms with Gasteiger partial charge in [-0.05, 0) is 19.9 Å². The number of carbonyl (C=O) groups is 1. The Morgan fingerprint density at radius 3 is 2.56 bits per heavy atom. The Morgan fingerprint density at radius 1 is 1.39 bits per heavy atom. The average molecular weight is 254 g/mol. The van der Waals surface area contributed by atoms with Crippen LogP contribution < -0.4 is 10.5 Å². The highest BCUT2D eigenvalue weighted by Gasteiger charge is 2.10. The van der Waals surface area contributed by atoms with E-state index in [1.54, 1.807) is 17.0 Å². The lowest BCUT2D eigenvalue weighted by Crippen LogP contribution is -2.34. The second kappa shape index (κ2) is 6.96. The van der Waals surface area contributed by atoms with Crippen molar-refractivity contribution in [2.75, 3.05) is 19.7 Å². The highest BCUT2D eigenvalue weighted by atomic mass is 19.1. The van der Waals surface area contributed by atoms with Crippen molar-refractivity contribution < 1.29 is 13.9 Å². The first kappa shape index (κ1) is 14.4. The minimum Gasteiger partial charge on any atom is -0.484 e. The maximum absolute atomic E-state index is 13.4. The van der Waals surface area contributed by atoms with Gasteiger partial charge in [-0.3, -0.25) is 4.79 Å². The summed E-state index contributed by atoms with van der Waals surface area (Å²) in [7, 11) is 0. The van der Waals surface area contributed by atoms with Gasteiger partial charge in [-0.2, -0.15) is 0 Å². The zero-order valence-corrected chi connectivity index (χ0v) is 10.8. The lowest BCUT2D eigenvalue weighted by molar-refractivity contribution is -0.132. The van der Waals surface area contributed by atoms with Gasteiger partial charge in [0.15, 0.2) is 6.61 Å². The van der Waals surface area contributed by atoms with Crippen molar-refractivity contribution in [3.05, 3.63) is 29.6 Å². The molecule has 18 heavy (non-hydrogen) atoms. The molecule has 1 aromatic carbocycles. The third kappa shape index (κ3) is 3.70. The van der Waals surface area contributed by atoms with Gasteiger partial charge in [0.2, 0.25) is 0 Å². The summed E-state index contributed by atoms with van der Waals surface area (Å²) >= 11 is 0. The van der Waals surface area contributed by atoms with E-state index in [2.05, 4.69) is 0 Å². The maximum atomic E-state index is 13.4. The molecule has 4 nitrogen and oxygen atoms in total. The molecular weight excluding hydrogens is 235 g/mol. The van der Waals surface area contributed by atoms with Gasteiger partial charge in [0.1, 0.15) is 11.6 Å². The molecule has 0 aliphatic heterocycles. The Labute approximate surface area is 107 Å². The molecule has 1 rings (SSSR count). The second-order valence-corrected chi connectivity index (χ2v) is 3.81. The number of hydrogen-bond acceptors (Lipinski definition) is 3. The van der Waals surface area contributed by atoms with Crippen LogP contribution in [0.5, 0.6) is 5.75 Å². The monoisotopic (exact) mass is 254 g/mol. The molecule has 0 atom stereocenters. The number of hydrogen-bond donors (Lipinski definition) is 1. The third-order valence-corrected chi connectivity index (χ3v) is 2.72. The van der Waals surface area contributed by atoms with Crippen molar-refractivity contribution in [2.24, 2.45) is 5.73 Å². The first-order chi connectivity index (χ1) is 8.62. The largest absolute Gasteiger partial charge is 0.484 e.